The number of piperidine rings is 1. The van der Waals surface area contributed by atoms with Crippen LogP contribution in [-0.4, -0.2) is 18.0 Å². The topological polar surface area (TPSA) is 3.24 Å². The molecule has 0 unspecified atom stereocenters. The van der Waals surface area contributed by atoms with Crippen LogP contribution < -0.4 is 0 Å². The Bertz CT molecular complexity index is 358. The van der Waals surface area contributed by atoms with E-state index in [1.54, 1.807) is 0 Å². The molecule has 0 atom stereocenters. The van der Waals surface area contributed by atoms with Crippen molar-refractivity contribution in [3.63, 3.8) is 0 Å². The number of hydrogen-bond acceptors (Lipinski definition) is 1. The lowest BCUT2D eigenvalue weighted by atomic mass is 9.89. The first-order valence-electron chi connectivity index (χ1n) is 6.78. The second-order valence-corrected chi connectivity index (χ2v) is 4.93. The molecule has 0 aliphatic carbocycles. The van der Waals surface area contributed by atoms with Crippen molar-refractivity contribution in [2.75, 3.05) is 13.1 Å². The van der Waals surface area contributed by atoms with Crippen molar-refractivity contribution < 1.29 is 0 Å². The summed E-state index contributed by atoms with van der Waals surface area (Å²) in [5.41, 5.74) is 2.98. The van der Waals surface area contributed by atoms with Crippen molar-refractivity contribution in [1.82, 2.24) is 4.90 Å². The fourth-order valence-electron chi connectivity index (χ4n) is 2.72. The van der Waals surface area contributed by atoms with Crippen LogP contribution in [0.3, 0.4) is 0 Å². The van der Waals surface area contributed by atoms with Gasteiger partial charge in [0, 0.05) is 18.8 Å². The van der Waals surface area contributed by atoms with Crippen LogP contribution in [0.2, 0.25) is 0 Å². The molecule has 0 radical (unpaired) electrons. The molecular weight excluding hydrogens is 206 g/mol. The molecule has 0 spiro atoms. The van der Waals surface area contributed by atoms with Crippen LogP contribution in [0, 0.1) is 0 Å². The molecule has 0 N–H and O–H groups in total. The number of allylic oxidation sites excluding steroid dienone is 2. The lowest BCUT2D eigenvalue weighted by molar-refractivity contribution is 0.263. The quantitative estimate of drug-likeness (QED) is 0.751. The summed E-state index contributed by atoms with van der Waals surface area (Å²) < 4.78 is 0. The zero-order valence-corrected chi connectivity index (χ0v) is 11.0. The van der Waals surface area contributed by atoms with Crippen molar-refractivity contribution >= 4 is 0 Å². The van der Waals surface area contributed by atoms with Gasteiger partial charge in [-0.2, -0.15) is 0 Å². The highest BCUT2D eigenvalue weighted by atomic mass is 15.1. The molecule has 1 saturated heterocycles. The first-order chi connectivity index (χ1) is 8.31. The minimum atomic E-state index is 0.766. The molecule has 1 heteroatoms. The molecule has 17 heavy (non-hydrogen) atoms. The summed E-state index contributed by atoms with van der Waals surface area (Å²) in [5, 5.41) is 0. The minimum absolute atomic E-state index is 0.766. The van der Waals surface area contributed by atoms with Crippen LogP contribution in [0.1, 0.15) is 44.6 Å². The first kappa shape index (κ1) is 12.2. The van der Waals surface area contributed by atoms with Gasteiger partial charge in [-0.3, -0.25) is 0 Å². The van der Waals surface area contributed by atoms with Crippen molar-refractivity contribution in [3.8, 4) is 0 Å². The van der Waals surface area contributed by atoms with Crippen molar-refractivity contribution in [1.29, 1.82) is 0 Å². The highest BCUT2D eigenvalue weighted by Gasteiger charge is 2.19. The Morgan fingerprint density at radius 2 is 1.88 bits per heavy atom. The third kappa shape index (κ3) is 3.12. The zero-order chi connectivity index (χ0) is 12.1. The van der Waals surface area contributed by atoms with E-state index in [-0.39, 0.29) is 0 Å². The number of rotatable bonds is 3. The molecule has 1 fully saturated rings. The predicted molar refractivity (Wildman–Crippen MR) is 74.0 cm³/mol. The van der Waals surface area contributed by atoms with Crippen molar-refractivity contribution in [2.24, 2.45) is 0 Å². The molecule has 0 aromatic heterocycles. The van der Waals surface area contributed by atoms with E-state index in [4.69, 9.17) is 0 Å². The molecule has 0 saturated carbocycles. The van der Waals surface area contributed by atoms with Gasteiger partial charge in [-0.15, -0.1) is 0 Å². The highest BCUT2D eigenvalue weighted by Crippen LogP contribution is 2.29. The fraction of sp³-hybridized carbons (Fsp3) is 0.500. The summed E-state index contributed by atoms with van der Waals surface area (Å²) in [6.45, 7) is 6.87. The van der Waals surface area contributed by atoms with E-state index in [1.165, 1.54) is 37.2 Å². The summed E-state index contributed by atoms with van der Waals surface area (Å²) in [6.07, 6.45) is 6.06. The van der Waals surface area contributed by atoms with Gasteiger partial charge in [-0.25, -0.2) is 0 Å². The summed E-state index contributed by atoms with van der Waals surface area (Å²) in [6, 6.07) is 11.0. The average molecular weight is 229 g/mol. The lowest BCUT2D eigenvalue weighted by Gasteiger charge is -2.34. The van der Waals surface area contributed by atoms with E-state index < -0.39 is 0 Å². The highest BCUT2D eigenvalue weighted by molar-refractivity contribution is 5.20. The Morgan fingerprint density at radius 1 is 1.24 bits per heavy atom. The van der Waals surface area contributed by atoms with Gasteiger partial charge in [-0.05, 0) is 37.7 Å². The summed E-state index contributed by atoms with van der Waals surface area (Å²) in [5.74, 6) is 0.766. The smallest absolute Gasteiger partial charge is 0.0180 e. The third-order valence-corrected chi connectivity index (χ3v) is 3.76. The maximum Gasteiger partial charge on any atom is 0.0180 e. The van der Waals surface area contributed by atoms with Crippen LogP contribution in [0.5, 0.6) is 0 Å². The molecule has 0 bridgehead atoms. The molecule has 1 aliphatic heterocycles. The fourth-order valence-corrected chi connectivity index (χ4v) is 2.72. The standard InChI is InChI=1S/C16H23N/c1-3-7-14(2)17-12-10-16(11-13-17)15-8-5-4-6-9-15/h4-9,16H,3,10-13H2,1-2H3/b14-7+. The van der Waals surface area contributed by atoms with E-state index in [1.807, 2.05) is 0 Å². The first-order valence-corrected chi connectivity index (χ1v) is 6.78. The number of benzene rings is 1. The average Bonchev–Trinajstić information content (AvgIpc) is 2.40. The van der Waals surface area contributed by atoms with Gasteiger partial charge in [0.15, 0.2) is 0 Å². The monoisotopic (exact) mass is 229 g/mol. The summed E-state index contributed by atoms with van der Waals surface area (Å²) in [7, 11) is 0. The van der Waals surface area contributed by atoms with E-state index in [0.717, 1.165) is 12.3 Å². The summed E-state index contributed by atoms with van der Waals surface area (Å²) in [4.78, 5) is 2.53. The molecular formula is C16H23N. The van der Waals surface area contributed by atoms with Crippen LogP contribution in [-0.2, 0) is 0 Å². The third-order valence-electron chi connectivity index (χ3n) is 3.76. The predicted octanol–water partition coefficient (Wildman–Crippen LogP) is 4.18. The maximum atomic E-state index is 2.53. The van der Waals surface area contributed by atoms with Gasteiger partial charge in [0.1, 0.15) is 0 Å². The molecule has 0 amide bonds. The van der Waals surface area contributed by atoms with Gasteiger partial charge in [0.25, 0.3) is 0 Å². The molecule has 1 heterocycles. The molecule has 92 valence electrons. The Hall–Kier alpha value is -1.24. The van der Waals surface area contributed by atoms with Crippen LogP contribution in [0.15, 0.2) is 42.1 Å². The van der Waals surface area contributed by atoms with Crippen molar-refractivity contribution in [3.05, 3.63) is 47.7 Å². The molecule has 2 rings (SSSR count). The van der Waals surface area contributed by atoms with E-state index in [0.29, 0.717) is 0 Å². The van der Waals surface area contributed by atoms with Gasteiger partial charge < -0.3 is 4.90 Å². The molecule has 1 aromatic carbocycles. The largest absolute Gasteiger partial charge is 0.375 e. The van der Waals surface area contributed by atoms with E-state index in [2.05, 4.69) is 55.2 Å². The zero-order valence-electron chi connectivity index (χ0n) is 11.0. The van der Waals surface area contributed by atoms with Gasteiger partial charge >= 0.3 is 0 Å². The number of hydrogen-bond donors (Lipinski definition) is 0. The van der Waals surface area contributed by atoms with E-state index >= 15 is 0 Å². The Balaban J connectivity index is 1.93. The summed E-state index contributed by atoms with van der Waals surface area (Å²) >= 11 is 0. The second kappa shape index (κ2) is 5.90. The number of nitrogens with zero attached hydrogens (tertiary/aromatic N) is 1. The van der Waals surface area contributed by atoms with Gasteiger partial charge in [0.2, 0.25) is 0 Å². The lowest BCUT2D eigenvalue weighted by Crippen LogP contribution is -2.31. The molecule has 1 aliphatic rings. The van der Waals surface area contributed by atoms with Crippen LogP contribution >= 0.6 is 0 Å². The second-order valence-electron chi connectivity index (χ2n) is 4.93. The maximum absolute atomic E-state index is 2.53. The van der Waals surface area contributed by atoms with Crippen LogP contribution in [0.25, 0.3) is 0 Å². The molecule has 1 aromatic rings. The molecule has 1 nitrogen and oxygen atoms in total. The number of likely N-dealkylation sites (tertiary alicyclic amines) is 1. The Kier molecular flexibility index (Phi) is 4.24. The van der Waals surface area contributed by atoms with Crippen LogP contribution in [0.4, 0.5) is 0 Å². The SMILES string of the molecule is CC/C=C(\C)N1CCC(c2ccccc2)CC1. The van der Waals surface area contributed by atoms with E-state index in [9.17, 15) is 0 Å². The van der Waals surface area contributed by atoms with Crippen molar-refractivity contribution in [2.45, 2.75) is 39.0 Å². The normalized spacial score (nSPS) is 18.5. The Morgan fingerprint density at radius 3 is 2.47 bits per heavy atom. The minimum Gasteiger partial charge on any atom is -0.375 e. The Labute approximate surface area is 105 Å². The van der Waals surface area contributed by atoms with Gasteiger partial charge in [-0.1, -0.05) is 43.3 Å². The van der Waals surface area contributed by atoms with Gasteiger partial charge in [0.05, 0.1) is 0 Å².